The first kappa shape index (κ1) is 86.8. The van der Waals surface area contributed by atoms with Crippen LogP contribution in [0, 0.1) is 0 Å². The fraction of sp³-hybridized carbons (Fsp3) is 0.788. The van der Waals surface area contributed by atoms with Gasteiger partial charge >= 0.3 is 11.9 Å². The van der Waals surface area contributed by atoms with Gasteiger partial charge < -0.3 is 14.6 Å². The third kappa shape index (κ3) is 77.3. The van der Waals surface area contributed by atoms with E-state index in [1.165, 1.54) is 302 Å². The molecule has 0 aromatic rings. The lowest BCUT2D eigenvalue weighted by Gasteiger charge is -2.15. The minimum Gasteiger partial charge on any atom is -0.462 e. The van der Waals surface area contributed by atoms with Crippen LogP contribution in [0.5, 0.6) is 0 Å². The van der Waals surface area contributed by atoms with Crippen LogP contribution in [0.15, 0.2) is 97.2 Å². The molecule has 0 aromatic carbocycles. The third-order valence-corrected chi connectivity index (χ3v) is 17.9. The lowest BCUT2D eigenvalue weighted by atomic mass is 10.0. The molecule has 0 radical (unpaired) electrons. The number of hydrogen-bond donors (Lipinski definition) is 1. The molecule has 90 heavy (non-hydrogen) atoms. The van der Waals surface area contributed by atoms with Crippen LogP contribution >= 0.6 is 0 Å². The van der Waals surface area contributed by atoms with Crippen LogP contribution in [-0.4, -0.2) is 36.4 Å². The number of esters is 2. The molecular formula is C85H152O5. The molecular weight excluding hydrogens is 1100 g/mol. The fourth-order valence-electron chi connectivity index (χ4n) is 11.9. The van der Waals surface area contributed by atoms with Crippen molar-refractivity contribution in [3.63, 3.8) is 0 Å². The van der Waals surface area contributed by atoms with Crippen LogP contribution in [0.25, 0.3) is 0 Å². The first-order valence-electron chi connectivity index (χ1n) is 39.8. The molecule has 522 valence electrons. The highest BCUT2D eigenvalue weighted by Crippen LogP contribution is 2.19. The van der Waals surface area contributed by atoms with Gasteiger partial charge in [0, 0.05) is 12.8 Å². The zero-order chi connectivity index (χ0) is 64.7. The minimum atomic E-state index is -0.774. The van der Waals surface area contributed by atoms with Gasteiger partial charge in [0.05, 0.1) is 6.61 Å². The van der Waals surface area contributed by atoms with E-state index < -0.39 is 6.10 Å². The number of ether oxygens (including phenoxy) is 2. The van der Waals surface area contributed by atoms with Crippen molar-refractivity contribution in [2.75, 3.05) is 13.2 Å². The molecule has 0 aliphatic heterocycles. The molecule has 5 heteroatoms. The van der Waals surface area contributed by atoms with Gasteiger partial charge in [-0.2, -0.15) is 0 Å². The van der Waals surface area contributed by atoms with Crippen molar-refractivity contribution in [2.45, 2.75) is 418 Å². The summed E-state index contributed by atoms with van der Waals surface area (Å²) < 4.78 is 10.8. The van der Waals surface area contributed by atoms with Crippen molar-refractivity contribution in [2.24, 2.45) is 0 Å². The van der Waals surface area contributed by atoms with E-state index >= 15 is 0 Å². The Balaban J connectivity index is 3.40. The van der Waals surface area contributed by atoms with E-state index in [0.717, 1.165) is 83.5 Å². The molecule has 1 atom stereocenters. The van der Waals surface area contributed by atoms with E-state index in [9.17, 15) is 14.7 Å². The fourth-order valence-corrected chi connectivity index (χ4v) is 11.9. The maximum Gasteiger partial charge on any atom is 0.306 e. The third-order valence-electron chi connectivity index (χ3n) is 17.9. The number of hydrogen-bond acceptors (Lipinski definition) is 5. The number of carbonyl (C=O) groups is 2. The van der Waals surface area contributed by atoms with E-state index in [1.807, 2.05) is 0 Å². The van der Waals surface area contributed by atoms with Gasteiger partial charge in [0.1, 0.15) is 6.61 Å². The van der Waals surface area contributed by atoms with E-state index in [4.69, 9.17) is 9.47 Å². The molecule has 0 saturated carbocycles. The number of rotatable bonds is 74. The lowest BCUT2D eigenvalue weighted by Crippen LogP contribution is -2.28. The highest BCUT2D eigenvalue weighted by molar-refractivity contribution is 5.70. The molecule has 0 rings (SSSR count). The van der Waals surface area contributed by atoms with Crippen LogP contribution in [0.4, 0.5) is 0 Å². The summed E-state index contributed by atoms with van der Waals surface area (Å²) in [6, 6.07) is 0. The van der Waals surface area contributed by atoms with Crippen LogP contribution in [0.3, 0.4) is 0 Å². The van der Waals surface area contributed by atoms with Crippen LogP contribution in [0.1, 0.15) is 412 Å². The van der Waals surface area contributed by atoms with Crippen LogP contribution in [-0.2, 0) is 19.1 Å². The molecule has 5 nitrogen and oxygen atoms in total. The molecule has 0 saturated heterocycles. The second kappa shape index (κ2) is 80.1. The molecule has 0 spiro atoms. The highest BCUT2D eigenvalue weighted by atomic mass is 16.6. The second-order valence-electron chi connectivity index (χ2n) is 26.8. The van der Waals surface area contributed by atoms with Gasteiger partial charge in [-0.3, -0.25) is 9.59 Å². The monoisotopic (exact) mass is 1250 g/mol. The van der Waals surface area contributed by atoms with Gasteiger partial charge in [-0.15, -0.1) is 0 Å². The van der Waals surface area contributed by atoms with Gasteiger partial charge in [-0.05, 0) is 96.3 Å². The number of aliphatic hydroxyl groups excluding tert-OH is 1. The summed E-state index contributed by atoms with van der Waals surface area (Å²) in [6.07, 6.45) is 115. The molecule has 0 heterocycles. The molecule has 0 aliphatic carbocycles. The van der Waals surface area contributed by atoms with Crippen molar-refractivity contribution in [1.29, 1.82) is 0 Å². The van der Waals surface area contributed by atoms with Gasteiger partial charge in [-0.25, -0.2) is 0 Å². The lowest BCUT2D eigenvalue weighted by molar-refractivity contribution is -0.161. The summed E-state index contributed by atoms with van der Waals surface area (Å²) in [5, 5.41) is 9.73. The Bertz CT molecular complexity index is 1660. The predicted octanol–water partition coefficient (Wildman–Crippen LogP) is 28.1. The molecule has 0 aromatic heterocycles. The van der Waals surface area contributed by atoms with Gasteiger partial charge in [0.15, 0.2) is 6.10 Å². The Morgan fingerprint density at radius 2 is 0.478 bits per heavy atom. The first-order chi connectivity index (χ1) is 44.6. The van der Waals surface area contributed by atoms with Crippen molar-refractivity contribution >= 4 is 11.9 Å². The predicted molar refractivity (Wildman–Crippen MR) is 399 cm³/mol. The maximum absolute atomic E-state index is 12.4. The summed E-state index contributed by atoms with van der Waals surface area (Å²) in [7, 11) is 0. The summed E-state index contributed by atoms with van der Waals surface area (Å²) in [6.45, 7) is 4.07. The summed E-state index contributed by atoms with van der Waals surface area (Å²) in [4.78, 5) is 24.7. The average molecular weight is 1250 g/mol. The van der Waals surface area contributed by atoms with Gasteiger partial charge in [0.2, 0.25) is 0 Å². The van der Waals surface area contributed by atoms with Crippen molar-refractivity contribution < 1.29 is 24.2 Å². The summed E-state index contributed by atoms with van der Waals surface area (Å²) >= 11 is 0. The van der Waals surface area contributed by atoms with E-state index in [-0.39, 0.29) is 25.2 Å². The van der Waals surface area contributed by atoms with Gasteiger partial charge in [-0.1, -0.05) is 400 Å². The first-order valence-corrected chi connectivity index (χ1v) is 39.8. The number of aliphatic hydroxyl groups is 1. The molecule has 0 fully saturated rings. The normalized spacial score (nSPS) is 12.7. The van der Waals surface area contributed by atoms with E-state index in [1.54, 1.807) is 0 Å². The quantitative estimate of drug-likeness (QED) is 0.0373. The zero-order valence-electron chi connectivity index (χ0n) is 60.1. The number of unbranched alkanes of at least 4 members (excludes halogenated alkanes) is 50. The Labute approximate surface area is 561 Å². The molecule has 0 amide bonds. The van der Waals surface area contributed by atoms with Crippen molar-refractivity contribution in [3.05, 3.63) is 97.2 Å². The molecule has 0 bridgehead atoms. The minimum absolute atomic E-state index is 0.0621. The zero-order valence-corrected chi connectivity index (χ0v) is 60.1. The Kier molecular flexibility index (Phi) is 77.2. The second-order valence-corrected chi connectivity index (χ2v) is 26.8. The maximum atomic E-state index is 12.4. The Morgan fingerprint density at radius 1 is 0.267 bits per heavy atom. The largest absolute Gasteiger partial charge is 0.462 e. The Morgan fingerprint density at radius 3 is 0.722 bits per heavy atom. The molecule has 1 unspecified atom stereocenters. The van der Waals surface area contributed by atoms with E-state index in [2.05, 4.69) is 111 Å². The molecule has 0 aliphatic rings. The van der Waals surface area contributed by atoms with Crippen molar-refractivity contribution in [3.8, 4) is 0 Å². The molecule has 1 N–H and O–H groups in total. The number of carbonyl (C=O) groups excluding carboxylic acids is 2. The highest BCUT2D eigenvalue weighted by Gasteiger charge is 2.16. The SMILES string of the molecule is CC/C=C\C/C=C\C/C=C\C/C=C\C/C=C\C/C=C\CCCCCCCCCCCCCCCCCCCCCCC(=O)OC(CO)COC(=O)CCCCCCCCCCCCCCCCCCCCCCCCCCC/C=C\C/C=C\CCCCCCC. The number of allylic oxidation sites excluding steroid dienone is 16. The standard InChI is InChI=1S/C85H152O5/c1-3-5-7-9-11-13-15-17-19-21-23-25-27-29-31-33-35-37-39-41-42-44-46-48-50-52-54-56-58-60-62-64-66-68-70-72-74-76-78-80-85(88)90-83(81-86)82-89-84(87)79-77-75-73-71-69-67-65-63-61-59-57-55-53-51-49-47-45-43-40-38-36-34-32-30-28-26-24-22-20-18-16-14-12-10-8-6-4-2/h5,7,11,13,16-19,22-25,29,31,35,37,83,86H,3-4,6,8-10,12,14-15,20-21,26-28,30,32-34,36,38-82H2,1-2H3/b7-5-,13-11-,18-16-,19-17-,24-22-,25-23-,31-29-,37-35-. The topological polar surface area (TPSA) is 72.8 Å². The summed E-state index contributed by atoms with van der Waals surface area (Å²) in [5.74, 6) is -0.569. The summed E-state index contributed by atoms with van der Waals surface area (Å²) in [5.41, 5.74) is 0. The van der Waals surface area contributed by atoms with E-state index in [0.29, 0.717) is 12.8 Å². The van der Waals surface area contributed by atoms with Crippen LogP contribution < -0.4 is 0 Å². The van der Waals surface area contributed by atoms with Gasteiger partial charge in [0.25, 0.3) is 0 Å². The van der Waals surface area contributed by atoms with Crippen LogP contribution in [0.2, 0.25) is 0 Å². The smallest absolute Gasteiger partial charge is 0.306 e. The van der Waals surface area contributed by atoms with Crippen molar-refractivity contribution in [1.82, 2.24) is 0 Å². The Hall–Kier alpha value is -3.18. The average Bonchev–Trinajstić information content (AvgIpc) is 3.59.